The number of hydrogen-bond donors (Lipinski definition) is 3. The van der Waals surface area contributed by atoms with E-state index in [0.29, 0.717) is 19.4 Å². The second-order valence-electron chi connectivity index (χ2n) is 6.94. The van der Waals surface area contributed by atoms with Gasteiger partial charge in [-0.25, -0.2) is 9.59 Å². The first kappa shape index (κ1) is 22.3. The Kier molecular flexibility index (Phi) is 9.12. The molecule has 1 aromatic rings. The molecule has 0 heterocycles. The van der Waals surface area contributed by atoms with Crippen LogP contribution in [0.3, 0.4) is 0 Å². The van der Waals surface area contributed by atoms with Gasteiger partial charge in [0, 0.05) is 13.6 Å². The molecule has 8 nitrogen and oxygen atoms in total. The van der Waals surface area contributed by atoms with E-state index in [-0.39, 0.29) is 12.5 Å². The number of amides is 3. The Labute approximate surface area is 160 Å². The van der Waals surface area contributed by atoms with Crippen LogP contribution in [0.2, 0.25) is 0 Å². The Morgan fingerprint density at radius 3 is 2.33 bits per heavy atom. The number of likely N-dealkylation sites (N-methyl/N-ethyl adjacent to an activating group) is 1. The van der Waals surface area contributed by atoms with Gasteiger partial charge in [-0.15, -0.1) is 0 Å². The second-order valence-corrected chi connectivity index (χ2v) is 6.94. The number of alkyl carbamates (subject to hydrolysis) is 2. The summed E-state index contributed by atoms with van der Waals surface area (Å²) in [5.74, 6) is -0.326. The number of hydrogen-bond acceptors (Lipinski definition) is 5. The predicted octanol–water partition coefficient (Wildman–Crippen LogP) is 2.33. The number of nitrogens with one attached hydrogen (secondary N) is 3. The van der Waals surface area contributed by atoms with Gasteiger partial charge in [-0.05, 0) is 39.2 Å². The summed E-state index contributed by atoms with van der Waals surface area (Å²) in [5, 5.41) is 7.66. The fraction of sp³-hybridized carbons (Fsp3) is 0.526. The molecule has 8 heteroatoms. The highest BCUT2D eigenvalue weighted by Crippen LogP contribution is 2.08. The monoisotopic (exact) mass is 379 g/mol. The van der Waals surface area contributed by atoms with Gasteiger partial charge >= 0.3 is 12.2 Å². The summed E-state index contributed by atoms with van der Waals surface area (Å²) in [6, 6.07) is 8.61. The van der Waals surface area contributed by atoms with Crippen molar-refractivity contribution in [2.24, 2.45) is 0 Å². The molecule has 1 unspecified atom stereocenters. The van der Waals surface area contributed by atoms with Crippen LogP contribution >= 0.6 is 0 Å². The van der Waals surface area contributed by atoms with Crippen molar-refractivity contribution in [2.45, 2.75) is 51.9 Å². The van der Waals surface area contributed by atoms with Crippen molar-refractivity contribution in [2.75, 3.05) is 13.6 Å². The third-order valence-electron chi connectivity index (χ3n) is 3.41. The number of ether oxygens (including phenoxy) is 2. The molecular formula is C19H29N3O5. The van der Waals surface area contributed by atoms with Gasteiger partial charge in [0.1, 0.15) is 18.2 Å². The summed E-state index contributed by atoms with van der Waals surface area (Å²) < 4.78 is 10.3. The molecule has 0 spiro atoms. The van der Waals surface area contributed by atoms with E-state index in [0.717, 1.165) is 5.56 Å². The van der Waals surface area contributed by atoms with Crippen LogP contribution in [0, 0.1) is 0 Å². The van der Waals surface area contributed by atoms with Gasteiger partial charge in [0.05, 0.1) is 0 Å². The molecular weight excluding hydrogens is 350 g/mol. The largest absolute Gasteiger partial charge is 0.445 e. The first-order chi connectivity index (χ1) is 12.7. The van der Waals surface area contributed by atoms with E-state index in [1.54, 1.807) is 20.8 Å². The maximum absolute atomic E-state index is 11.9. The lowest BCUT2D eigenvalue weighted by Crippen LogP contribution is -2.47. The lowest BCUT2D eigenvalue weighted by Gasteiger charge is -2.23. The fourth-order valence-electron chi connectivity index (χ4n) is 2.16. The molecule has 0 fully saturated rings. The molecule has 0 saturated heterocycles. The molecule has 150 valence electrons. The average Bonchev–Trinajstić information content (AvgIpc) is 2.61. The average molecular weight is 379 g/mol. The van der Waals surface area contributed by atoms with E-state index in [1.807, 2.05) is 30.3 Å². The fourth-order valence-corrected chi connectivity index (χ4v) is 2.16. The zero-order chi connectivity index (χ0) is 20.3. The molecule has 1 atom stereocenters. The van der Waals surface area contributed by atoms with Crippen molar-refractivity contribution in [3.8, 4) is 0 Å². The van der Waals surface area contributed by atoms with Crippen molar-refractivity contribution in [1.82, 2.24) is 16.0 Å². The van der Waals surface area contributed by atoms with Gasteiger partial charge in [0.2, 0.25) is 5.91 Å². The summed E-state index contributed by atoms with van der Waals surface area (Å²) >= 11 is 0. The summed E-state index contributed by atoms with van der Waals surface area (Å²) in [4.78, 5) is 35.4. The Balaban J connectivity index is 2.33. The van der Waals surface area contributed by atoms with Crippen molar-refractivity contribution < 1.29 is 23.9 Å². The molecule has 0 aliphatic rings. The molecule has 0 aromatic heterocycles. The van der Waals surface area contributed by atoms with Crippen molar-refractivity contribution >= 4 is 18.1 Å². The topological polar surface area (TPSA) is 106 Å². The summed E-state index contributed by atoms with van der Waals surface area (Å²) in [6.45, 7) is 5.73. The lowest BCUT2D eigenvalue weighted by atomic mass is 10.1. The van der Waals surface area contributed by atoms with E-state index in [4.69, 9.17) is 9.47 Å². The van der Waals surface area contributed by atoms with Gasteiger partial charge in [0.15, 0.2) is 0 Å². The zero-order valence-corrected chi connectivity index (χ0v) is 16.3. The first-order valence-corrected chi connectivity index (χ1v) is 8.87. The molecule has 1 rings (SSSR count). The first-order valence-electron chi connectivity index (χ1n) is 8.87. The Bertz CT molecular complexity index is 614. The quantitative estimate of drug-likeness (QED) is 0.601. The van der Waals surface area contributed by atoms with Crippen molar-refractivity contribution in [1.29, 1.82) is 0 Å². The van der Waals surface area contributed by atoms with Crippen LogP contribution in [0.4, 0.5) is 9.59 Å². The van der Waals surface area contributed by atoms with Crippen LogP contribution in [0.1, 0.15) is 39.2 Å². The molecule has 0 radical (unpaired) electrons. The third kappa shape index (κ3) is 10.1. The highest BCUT2D eigenvalue weighted by Gasteiger charge is 2.23. The maximum atomic E-state index is 11.9. The van der Waals surface area contributed by atoms with Gasteiger partial charge in [0.25, 0.3) is 0 Å². The predicted molar refractivity (Wildman–Crippen MR) is 101 cm³/mol. The SMILES string of the molecule is CNC(=O)C(CCCNC(=O)OCc1ccccc1)NC(=O)OC(C)(C)C. The van der Waals surface area contributed by atoms with E-state index in [9.17, 15) is 14.4 Å². The Morgan fingerprint density at radius 2 is 1.74 bits per heavy atom. The Hall–Kier alpha value is -2.77. The van der Waals surface area contributed by atoms with E-state index < -0.39 is 23.8 Å². The number of carbonyl (C=O) groups is 3. The lowest BCUT2D eigenvalue weighted by molar-refractivity contribution is -0.122. The van der Waals surface area contributed by atoms with Gasteiger partial charge in [-0.2, -0.15) is 0 Å². The van der Waals surface area contributed by atoms with Gasteiger partial charge in [-0.1, -0.05) is 30.3 Å². The van der Waals surface area contributed by atoms with E-state index in [1.165, 1.54) is 7.05 Å². The molecule has 0 saturated carbocycles. The molecule has 27 heavy (non-hydrogen) atoms. The van der Waals surface area contributed by atoms with Crippen LogP contribution in [0.15, 0.2) is 30.3 Å². The van der Waals surface area contributed by atoms with Gasteiger partial charge < -0.3 is 25.4 Å². The van der Waals surface area contributed by atoms with Crippen LogP contribution < -0.4 is 16.0 Å². The highest BCUT2D eigenvalue weighted by molar-refractivity contribution is 5.85. The van der Waals surface area contributed by atoms with Crippen LogP contribution in [-0.4, -0.2) is 43.3 Å². The minimum absolute atomic E-state index is 0.188. The molecule has 0 bridgehead atoms. The highest BCUT2D eigenvalue weighted by atomic mass is 16.6. The van der Waals surface area contributed by atoms with E-state index in [2.05, 4.69) is 16.0 Å². The van der Waals surface area contributed by atoms with Crippen molar-refractivity contribution in [3.63, 3.8) is 0 Å². The van der Waals surface area contributed by atoms with Crippen LogP contribution in [-0.2, 0) is 20.9 Å². The maximum Gasteiger partial charge on any atom is 0.408 e. The molecule has 3 N–H and O–H groups in total. The third-order valence-corrected chi connectivity index (χ3v) is 3.41. The summed E-state index contributed by atoms with van der Waals surface area (Å²) in [6.07, 6.45) is -0.367. The normalized spacial score (nSPS) is 11.9. The number of carbonyl (C=O) groups excluding carboxylic acids is 3. The number of benzene rings is 1. The van der Waals surface area contributed by atoms with Crippen molar-refractivity contribution in [3.05, 3.63) is 35.9 Å². The van der Waals surface area contributed by atoms with Crippen LogP contribution in [0.5, 0.6) is 0 Å². The molecule has 0 aliphatic heterocycles. The van der Waals surface area contributed by atoms with Gasteiger partial charge in [-0.3, -0.25) is 4.79 Å². The summed E-state index contributed by atoms with van der Waals surface area (Å²) in [5.41, 5.74) is 0.246. The minimum atomic E-state index is -0.744. The summed E-state index contributed by atoms with van der Waals surface area (Å²) in [7, 11) is 1.49. The molecule has 3 amide bonds. The minimum Gasteiger partial charge on any atom is -0.445 e. The Morgan fingerprint density at radius 1 is 1.07 bits per heavy atom. The standard InChI is InChI=1S/C19H29N3O5/c1-19(2,3)27-18(25)22-15(16(23)20-4)11-8-12-21-17(24)26-13-14-9-6-5-7-10-14/h5-7,9-10,15H,8,11-13H2,1-4H3,(H,20,23)(H,21,24)(H,22,25). The molecule has 0 aliphatic carbocycles. The van der Waals surface area contributed by atoms with E-state index >= 15 is 0 Å². The smallest absolute Gasteiger partial charge is 0.408 e. The van der Waals surface area contributed by atoms with Crippen LogP contribution in [0.25, 0.3) is 0 Å². The second kappa shape index (κ2) is 11.1. The zero-order valence-electron chi connectivity index (χ0n) is 16.3. The molecule has 1 aromatic carbocycles. The number of rotatable bonds is 8.